The molecule has 0 aliphatic carbocycles. The molecule has 1 aromatic heterocycles. The molecule has 0 aliphatic heterocycles. The van der Waals surface area contributed by atoms with Gasteiger partial charge in [-0.3, -0.25) is 5.10 Å². The minimum absolute atomic E-state index is 0.257. The fraction of sp³-hybridized carbons (Fsp3) is 0.100. The van der Waals surface area contributed by atoms with E-state index in [0.29, 0.717) is 5.82 Å². The van der Waals surface area contributed by atoms with Crippen molar-refractivity contribution >= 4 is 17.2 Å². The average Bonchev–Trinajstić information content (AvgIpc) is 2.65. The Balaban J connectivity index is 2.32. The fourth-order valence-electron chi connectivity index (χ4n) is 1.36. The van der Waals surface area contributed by atoms with Crippen molar-refractivity contribution in [3.63, 3.8) is 0 Å². The molecule has 5 heteroatoms. The molecule has 0 aliphatic rings. The molecule has 15 heavy (non-hydrogen) atoms. The first-order valence-electron chi connectivity index (χ1n) is 4.46. The molecule has 0 atom stereocenters. The first-order chi connectivity index (χ1) is 7.18. The number of nitrogens with one attached hydrogen (secondary N) is 1. The van der Waals surface area contributed by atoms with E-state index in [9.17, 15) is 4.39 Å². The summed E-state index contributed by atoms with van der Waals surface area (Å²) in [6.45, 7) is 0. The van der Waals surface area contributed by atoms with E-state index in [1.54, 1.807) is 18.3 Å². The molecular formula is C10H11FN4. The number of halogens is 1. The lowest BCUT2D eigenvalue weighted by Crippen LogP contribution is -2.10. The average molecular weight is 206 g/mol. The second-order valence-electron chi connectivity index (χ2n) is 3.20. The zero-order chi connectivity index (χ0) is 10.8. The fourth-order valence-corrected chi connectivity index (χ4v) is 1.36. The summed E-state index contributed by atoms with van der Waals surface area (Å²) in [6.07, 6.45) is 1.62. The molecule has 2 aromatic rings. The molecule has 78 valence electrons. The molecule has 1 heterocycles. The van der Waals surface area contributed by atoms with Crippen LogP contribution in [0.15, 0.2) is 30.5 Å². The number of nitrogens with two attached hydrogens (primary N) is 1. The predicted molar refractivity (Wildman–Crippen MR) is 57.5 cm³/mol. The zero-order valence-corrected chi connectivity index (χ0v) is 8.24. The van der Waals surface area contributed by atoms with Crippen molar-refractivity contribution in [2.75, 3.05) is 17.7 Å². The summed E-state index contributed by atoms with van der Waals surface area (Å²) in [7, 11) is 1.84. The lowest BCUT2D eigenvalue weighted by Gasteiger charge is -2.17. The van der Waals surface area contributed by atoms with Gasteiger partial charge in [0.25, 0.3) is 0 Å². The van der Waals surface area contributed by atoms with E-state index in [1.807, 2.05) is 11.9 Å². The number of aromatic amines is 1. The maximum atomic E-state index is 12.7. The lowest BCUT2D eigenvalue weighted by atomic mass is 10.3. The van der Waals surface area contributed by atoms with Gasteiger partial charge in [0.05, 0.1) is 6.20 Å². The van der Waals surface area contributed by atoms with Crippen molar-refractivity contribution in [1.82, 2.24) is 10.2 Å². The Morgan fingerprint density at radius 2 is 2.00 bits per heavy atom. The van der Waals surface area contributed by atoms with Crippen LogP contribution in [0.25, 0.3) is 0 Å². The van der Waals surface area contributed by atoms with Crippen LogP contribution in [0.2, 0.25) is 0 Å². The highest BCUT2D eigenvalue weighted by Crippen LogP contribution is 2.26. The summed E-state index contributed by atoms with van der Waals surface area (Å²) in [5, 5.41) is 6.46. The van der Waals surface area contributed by atoms with Crippen molar-refractivity contribution in [1.29, 1.82) is 0 Å². The van der Waals surface area contributed by atoms with Gasteiger partial charge < -0.3 is 10.6 Å². The van der Waals surface area contributed by atoms with Gasteiger partial charge in [0, 0.05) is 12.7 Å². The van der Waals surface area contributed by atoms with E-state index in [-0.39, 0.29) is 5.82 Å². The van der Waals surface area contributed by atoms with Crippen LogP contribution in [-0.4, -0.2) is 17.2 Å². The topological polar surface area (TPSA) is 57.9 Å². The van der Waals surface area contributed by atoms with E-state index in [4.69, 9.17) is 5.73 Å². The van der Waals surface area contributed by atoms with Crippen LogP contribution < -0.4 is 10.6 Å². The predicted octanol–water partition coefficient (Wildman–Crippen LogP) is 1.90. The normalized spacial score (nSPS) is 10.3. The highest BCUT2D eigenvalue weighted by Gasteiger charge is 2.08. The van der Waals surface area contributed by atoms with Crippen LogP contribution in [-0.2, 0) is 0 Å². The molecule has 0 unspecified atom stereocenters. The third kappa shape index (κ3) is 1.76. The summed E-state index contributed by atoms with van der Waals surface area (Å²) >= 11 is 0. The van der Waals surface area contributed by atoms with Gasteiger partial charge in [0.15, 0.2) is 0 Å². The van der Waals surface area contributed by atoms with Crippen LogP contribution >= 0.6 is 0 Å². The van der Waals surface area contributed by atoms with Gasteiger partial charge in [0.2, 0.25) is 0 Å². The maximum absolute atomic E-state index is 12.7. The van der Waals surface area contributed by atoms with Crippen molar-refractivity contribution < 1.29 is 4.39 Å². The number of hydrogen-bond donors (Lipinski definition) is 2. The van der Waals surface area contributed by atoms with Crippen molar-refractivity contribution in [3.05, 3.63) is 36.3 Å². The molecule has 2 rings (SSSR count). The second kappa shape index (κ2) is 3.61. The van der Waals surface area contributed by atoms with E-state index in [2.05, 4.69) is 10.2 Å². The standard InChI is InChI=1S/C10H11FN4/c1-15(9-6-13-14-10(9)12)8-4-2-7(11)3-5-8/h2-6H,1H3,(H3,12,13,14). The number of benzene rings is 1. The minimum atomic E-state index is -0.257. The summed E-state index contributed by atoms with van der Waals surface area (Å²) < 4.78 is 12.7. The molecule has 0 saturated carbocycles. The number of hydrogen-bond acceptors (Lipinski definition) is 3. The van der Waals surface area contributed by atoms with Crippen molar-refractivity contribution in [2.45, 2.75) is 0 Å². The number of nitrogen functional groups attached to an aromatic ring is 1. The first kappa shape index (κ1) is 9.51. The van der Waals surface area contributed by atoms with E-state index < -0.39 is 0 Å². The Bertz CT molecular complexity index is 449. The van der Waals surface area contributed by atoms with Gasteiger partial charge in [-0.2, -0.15) is 5.10 Å². The lowest BCUT2D eigenvalue weighted by molar-refractivity contribution is 0.628. The highest BCUT2D eigenvalue weighted by atomic mass is 19.1. The molecule has 4 nitrogen and oxygen atoms in total. The van der Waals surface area contributed by atoms with Gasteiger partial charge in [-0.1, -0.05) is 0 Å². The van der Waals surface area contributed by atoms with Gasteiger partial charge in [-0.15, -0.1) is 0 Å². The molecule has 0 fully saturated rings. The minimum Gasteiger partial charge on any atom is -0.382 e. The molecule has 0 radical (unpaired) electrons. The third-order valence-corrected chi connectivity index (χ3v) is 2.22. The molecule has 3 N–H and O–H groups in total. The first-order valence-corrected chi connectivity index (χ1v) is 4.46. The number of H-pyrrole nitrogens is 1. The quantitative estimate of drug-likeness (QED) is 0.789. The van der Waals surface area contributed by atoms with Gasteiger partial charge >= 0.3 is 0 Å². The van der Waals surface area contributed by atoms with Crippen molar-refractivity contribution in [3.8, 4) is 0 Å². The Hall–Kier alpha value is -2.04. The Labute approximate surface area is 86.5 Å². The highest BCUT2D eigenvalue weighted by molar-refractivity contribution is 5.70. The smallest absolute Gasteiger partial charge is 0.143 e. The van der Waals surface area contributed by atoms with Gasteiger partial charge in [0.1, 0.15) is 17.3 Å². The van der Waals surface area contributed by atoms with Crippen LogP contribution in [0.5, 0.6) is 0 Å². The van der Waals surface area contributed by atoms with Crippen LogP contribution in [0.1, 0.15) is 0 Å². The molecule has 1 aromatic carbocycles. The van der Waals surface area contributed by atoms with E-state index in [0.717, 1.165) is 11.4 Å². The number of anilines is 3. The summed E-state index contributed by atoms with van der Waals surface area (Å²) in [4.78, 5) is 1.83. The van der Waals surface area contributed by atoms with Crippen LogP contribution in [0.3, 0.4) is 0 Å². The summed E-state index contributed by atoms with van der Waals surface area (Å²) in [6, 6.07) is 6.17. The Kier molecular flexibility index (Phi) is 2.29. The zero-order valence-electron chi connectivity index (χ0n) is 8.24. The number of nitrogens with zero attached hydrogens (tertiary/aromatic N) is 2. The molecular weight excluding hydrogens is 195 g/mol. The van der Waals surface area contributed by atoms with Gasteiger partial charge in [-0.05, 0) is 24.3 Å². The summed E-state index contributed by atoms with van der Waals surface area (Å²) in [5.41, 5.74) is 7.29. The Morgan fingerprint density at radius 1 is 1.33 bits per heavy atom. The van der Waals surface area contributed by atoms with Crippen LogP contribution in [0, 0.1) is 5.82 Å². The van der Waals surface area contributed by atoms with Gasteiger partial charge in [-0.25, -0.2) is 4.39 Å². The molecule has 0 bridgehead atoms. The Morgan fingerprint density at radius 3 is 2.53 bits per heavy atom. The maximum Gasteiger partial charge on any atom is 0.143 e. The number of rotatable bonds is 2. The third-order valence-electron chi connectivity index (χ3n) is 2.22. The second-order valence-corrected chi connectivity index (χ2v) is 3.20. The molecule has 0 saturated heterocycles. The van der Waals surface area contributed by atoms with E-state index in [1.165, 1.54) is 12.1 Å². The molecule has 0 amide bonds. The van der Waals surface area contributed by atoms with Crippen LogP contribution in [0.4, 0.5) is 21.6 Å². The SMILES string of the molecule is CN(c1ccc(F)cc1)c1cn[nH]c1N. The van der Waals surface area contributed by atoms with Crippen molar-refractivity contribution in [2.24, 2.45) is 0 Å². The summed E-state index contributed by atoms with van der Waals surface area (Å²) in [5.74, 6) is 0.231. The van der Waals surface area contributed by atoms with E-state index >= 15 is 0 Å². The largest absolute Gasteiger partial charge is 0.382 e. The molecule has 0 spiro atoms. The monoisotopic (exact) mass is 206 g/mol. The number of aromatic nitrogens is 2.